The smallest absolute Gasteiger partial charge is 0.323 e. The van der Waals surface area contributed by atoms with E-state index in [1.807, 2.05) is 6.26 Å². The Morgan fingerprint density at radius 2 is 2.33 bits per heavy atom. The van der Waals surface area contributed by atoms with Gasteiger partial charge in [0.05, 0.1) is 0 Å². The Morgan fingerprint density at radius 3 is 2.83 bits per heavy atom. The number of hydrogen-bond acceptors (Lipinski definition) is 4. The van der Waals surface area contributed by atoms with Gasteiger partial charge in [-0.25, -0.2) is 0 Å². The predicted octanol–water partition coefficient (Wildman–Crippen LogP) is 0.393. The molecule has 0 unspecified atom stereocenters. The van der Waals surface area contributed by atoms with Gasteiger partial charge in [-0.3, -0.25) is 9.36 Å². The lowest BCUT2D eigenvalue weighted by Crippen LogP contribution is -2.11. The average Bonchev–Trinajstić information content (AvgIpc) is 2.32. The quantitative estimate of drug-likeness (QED) is 0.693. The number of hydrogen-bond donors (Lipinski definition) is 1. The highest BCUT2D eigenvalue weighted by Crippen LogP contribution is 2.12. The van der Waals surface area contributed by atoms with Crippen LogP contribution in [0.25, 0.3) is 0 Å². The SMILES string of the molecule is CSc1nnc(C)n1CC(=O)O. The van der Waals surface area contributed by atoms with Crippen LogP contribution in [0.1, 0.15) is 5.82 Å². The highest BCUT2D eigenvalue weighted by molar-refractivity contribution is 7.98. The minimum atomic E-state index is -0.881. The van der Waals surface area contributed by atoms with Gasteiger partial charge in [-0.15, -0.1) is 10.2 Å². The molecule has 0 saturated carbocycles. The van der Waals surface area contributed by atoms with E-state index < -0.39 is 5.97 Å². The number of aromatic nitrogens is 3. The summed E-state index contributed by atoms with van der Waals surface area (Å²) in [6.45, 7) is 1.66. The number of rotatable bonds is 3. The van der Waals surface area contributed by atoms with E-state index >= 15 is 0 Å². The van der Waals surface area contributed by atoms with E-state index in [4.69, 9.17) is 5.11 Å². The van der Waals surface area contributed by atoms with Crippen molar-refractivity contribution in [3.63, 3.8) is 0 Å². The van der Waals surface area contributed by atoms with Crippen molar-refractivity contribution in [3.8, 4) is 0 Å². The molecule has 0 radical (unpaired) electrons. The fourth-order valence-corrected chi connectivity index (χ4v) is 1.37. The molecule has 0 spiro atoms. The summed E-state index contributed by atoms with van der Waals surface area (Å²) in [5.74, 6) is -0.255. The van der Waals surface area contributed by atoms with E-state index in [-0.39, 0.29) is 6.54 Å². The summed E-state index contributed by atoms with van der Waals surface area (Å²) in [5.41, 5.74) is 0. The number of thioether (sulfide) groups is 1. The van der Waals surface area contributed by atoms with E-state index in [1.165, 1.54) is 11.8 Å². The minimum Gasteiger partial charge on any atom is -0.480 e. The predicted molar refractivity (Wildman–Crippen MR) is 44.2 cm³/mol. The van der Waals surface area contributed by atoms with E-state index in [0.29, 0.717) is 11.0 Å². The Bertz CT molecular complexity index is 297. The molecule has 0 aromatic carbocycles. The first-order chi connectivity index (χ1) is 5.65. The maximum Gasteiger partial charge on any atom is 0.323 e. The number of nitrogens with zero attached hydrogens (tertiary/aromatic N) is 3. The van der Waals surface area contributed by atoms with Crippen molar-refractivity contribution in [1.82, 2.24) is 14.8 Å². The molecule has 0 saturated heterocycles. The van der Waals surface area contributed by atoms with Gasteiger partial charge < -0.3 is 5.11 Å². The van der Waals surface area contributed by atoms with Gasteiger partial charge in [0.1, 0.15) is 12.4 Å². The lowest BCUT2D eigenvalue weighted by atomic mass is 10.6. The van der Waals surface area contributed by atoms with Crippen molar-refractivity contribution in [3.05, 3.63) is 5.82 Å². The van der Waals surface area contributed by atoms with Crippen molar-refractivity contribution in [2.45, 2.75) is 18.6 Å². The standard InChI is InChI=1S/C6H9N3O2S/c1-4-7-8-6(12-2)9(4)3-5(10)11/h3H2,1-2H3,(H,10,11). The molecular formula is C6H9N3O2S. The van der Waals surface area contributed by atoms with E-state index in [9.17, 15) is 4.79 Å². The fourth-order valence-electron chi connectivity index (χ4n) is 0.830. The fraction of sp³-hybridized carbons (Fsp3) is 0.500. The zero-order chi connectivity index (χ0) is 9.14. The molecule has 66 valence electrons. The largest absolute Gasteiger partial charge is 0.480 e. The topological polar surface area (TPSA) is 68.0 Å². The second-order valence-electron chi connectivity index (χ2n) is 2.21. The van der Waals surface area contributed by atoms with Crippen molar-refractivity contribution < 1.29 is 9.90 Å². The van der Waals surface area contributed by atoms with Gasteiger partial charge in [0.2, 0.25) is 0 Å². The number of carbonyl (C=O) groups is 1. The summed E-state index contributed by atoms with van der Waals surface area (Å²) in [6.07, 6.45) is 1.84. The Hall–Kier alpha value is -1.04. The molecule has 0 aliphatic heterocycles. The van der Waals surface area contributed by atoms with Crippen molar-refractivity contribution in [2.75, 3.05) is 6.26 Å². The van der Waals surface area contributed by atoms with Crippen LogP contribution in [0, 0.1) is 6.92 Å². The van der Waals surface area contributed by atoms with Gasteiger partial charge in [0.25, 0.3) is 0 Å². The van der Waals surface area contributed by atoms with Crippen LogP contribution in [0.15, 0.2) is 5.16 Å². The van der Waals surface area contributed by atoms with Gasteiger partial charge in [-0.05, 0) is 13.2 Å². The molecule has 5 nitrogen and oxygen atoms in total. The van der Waals surface area contributed by atoms with Crippen LogP contribution in [0.2, 0.25) is 0 Å². The Balaban J connectivity index is 2.94. The average molecular weight is 187 g/mol. The molecule has 0 aliphatic carbocycles. The van der Waals surface area contributed by atoms with Crippen molar-refractivity contribution in [1.29, 1.82) is 0 Å². The van der Waals surface area contributed by atoms with Gasteiger partial charge >= 0.3 is 5.97 Å². The van der Waals surface area contributed by atoms with Crippen LogP contribution < -0.4 is 0 Å². The van der Waals surface area contributed by atoms with Crippen molar-refractivity contribution >= 4 is 17.7 Å². The van der Waals surface area contributed by atoms with Gasteiger partial charge in [-0.2, -0.15) is 0 Å². The molecule has 0 bridgehead atoms. The molecule has 0 atom stereocenters. The lowest BCUT2D eigenvalue weighted by molar-refractivity contribution is -0.137. The lowest BCUT2D eigenvalue weighted by Gasteiger charge is -2.01. The summed E-state index contributed by atoms with van der Waals surface area (Å²) in [4.78, 5) is 10.4. The summed E-state index contributed by atoms with van der Waals surface area (Å²) in [5, 5.41) is 16.7. The first-order valence-corrected chi connectivity index (χ1v) is 4.53. The number of aliphatic carboxylic acids is 1. The monoisotopic (exact) mass is 187 g/mol. The van der Waals surface area contributed by atoms with E-state index in [2.05, 4.69) is 10.2 Å². The van der Waals surface area contributed by atoms with Crippen LogP contribution in [0.4, 0.5) is 0 Å². The molecule has 0 aliphatic rings. The minimum absolute atomic E-state index is 0.0744. The molecule has 1 N–H and O–H groups in total. The second-order valence-corrected chi connectivity index (χ2v) is 2.99. The summed E-state index contributed by atoms with van der Waals surface area (Å²) >= 11 is 1.38. The molecule has 1 heterocycles. The van der Waals surface area contributed by atoms with Crippen molar-refractivity contribution in [2.24, 2.45) is 0 Å². The van der Waals surface area contributed by atoms with Crippen LogP contribution in [0.5, 0.6) is 0 Å². The maximum atomic E-state index is 10.4. The van der Waals surface area contributed by atoms with Crippen LogP contribution in [0.3, 0.4) is 0 Å². The molecule has 12 heavy (non-hydrogen) atoms. The van der Waals surface area contributed by atoms with E-state index in [0.717, 1.165) is 0 Å². The third-order valence-corrected chi connectivity index (χ3v) is 2.04. The summed E-state index contributed by atoms with van der Waals surface area (Å²) in [6, 6.07) is 0. The molecular weight excluding hydrogens is 178 g/mol. The van der Waals surface area contributed by atoms with Crippen LogP contribution in [-0.2, 0) is 11.3 Å². The normalized spacial score (nSPS) is 10.2. The third-order valence-electron chi connectivity index (χ3n) is 1.38. The van der Waals surface area contributed by atoms with Gasteiger partial charge in [0.15, 0.2) is 5.16 Å². The third kappa shape index (κ3) is 1.76. The number of carboxylic acid groups (broad SMARTS) is 1. The van der Waals surface area contributed by atoms with E-state index in [1.54, 1.807) is 11.5 Å². The zero-order valence-corrected chi connectivity index (χ0v) is 7.63. The van der Waals surface area contributed by atoms with Gasteiger partial charge in [0, 0.05) is 0 Å². The molecule has 1 rings (SSSR count). The highest BCUT2D eigenvalue weighted by atomic mass is 32.2. The first kappa shape index (κ1) is 9.05. The Kier molecular flexibility index (Phi) is 2.69. The zero-order valence-electron chi connectivity index (χ0n) is 6.81. The molecule has 6 heteroatoms. The highest BCUT2D eigenvalue weighted by Gasteiger charge is 2.09. The van der Waals surface area contributed by atoms with Gasteiger partial charge in [-0.1, -0.05) is 11.8 Å². The van der Waals surface area contributed by atoms with Crippen LogP contribution >= 0.6 is 11.8 Å². The maximum absolute atomic E-state index is 10.4. The molecule has 1 aromatic heterocycles. The number of aryl methyl sites for hydroxylation is 1. The Morgan fingerprint density at radius 1 is 1.67 bits per heavy atom. The molecule has 0 fully saturated rings. The number of carboxylic acids is 1. The summed E-state index contributed by atoms with van der Waals surface area (Å²) in [7, 11) is 0. The first-order valence-electron chi connectivity index (χ1n) is 3.30. The molecule has 1 aromatic rings. The molecule has 0 amide bonds. The van der Waals surface area contributed by atoms with Crippen LogP contribution in [-0.4, -0.2) is 32.1 Å². The summed E-state index contributed by atoms with van der Waals surface area (Å²) < 4.78 is 1.56. The second kappa shape index (κ2) is 3.57. The Labute approximate surface area is 73.8 Å².